The maximum atomic E-state index is 12.8. The summed E-state index contributed by atoms with van der Waals surface area (Å²) in [6, 6.07) is 4.91. The summed E-state index contributed by atoms with van der Waals surface area (Å²) in [5.41, 5.74) is 5.44. The highest BCUT2D eigenvalue weighted by molar-refractivity contribution is 7.93. The van der Waals surface area contributed by atoms with E-state index in [1.165, 1.54) is 19.2 Å². The summed E-state index contributed by atoms with van der Waals surface area (Å²) < 4.78 is 39.6. The van der Waals surface area contributed by atoms with E-state index in [9.17, 15) is 17.6 Å². The third-order valence-electron chi connectivity index (χ3n) is 2.95. The van der Waals surface area contributed by atoms with Gasteiger partial charge in [0.05, 0.1) is 5.92 Å². The van der Waals surface area contributed by atoms with Crippen molar-refractivity contribution in [2.24, 2.45) is 5.92 Å². The van der Waals surface area contributed by atoms with Gasteiger partial charge in [-0.05, 0) is 24.3 Å². The zero-order valence-corrected chi connectivity index (χ0v) is 11.5. The summed E-state index contributed by atoms with van der Waals surface area (Å²) in [6.45, 7) is 0.203. The van der Waals surface area contributed by atoms with Crippen LogP contribution in [0.4, 0.5) is 10.1 Å². The molecule has 7 nitrogen and oxygen atoms in total. The van der Waals surface area contributed by atoms with Gasteiger partial charge in [-0.2, -0.15) is 0 Å². The molecule has 1 heterocycles. The molecule has 2 unspecified atom stereocenters. The van der Waals surface area contributed by atoms with Crippen molar-refractivity contribution in [2.75, 3.05) is 18.3 Å². The third kappa shape index (κ3) is 3.06. The van der Waals surface area contributed by atoms with E-state index >= 15 is 0 Å². The van der Waals surface area contributed by atoms with Crippen LogP contribution in [0.1, 0.15) is 0 Å². The lowest BCUT2D eigenvalue weighted by atomic mass is 10.1. The minimum Gasteiger partial charge on any atom is -0.359 e. The molecule has 1 aliphatic heterocycles. The molecule has 1 fully saturated rings. The summed E-state index contributed by atoms with van der Waals surface area (Å²) in [7, 11) is -2.39. The van der Waals surface area contributed by atoms with Crippen LogP contribution in [0.3, 0.4) is 0 Å². The molecule has 2 atom stereocenters. The number of benzene rings is 1. The van der Waals surface area contributed by atoms with Crippen LogP contribution in [0.15, 0.2) is 24.3 Å². The number of amides is 1. The van der Waals surface area contributed by atoms with Crippen molar-refractivity contribution in [3.8, 4) is 0 Å². The average Bonchev–Trinajstić information content (AvgIpc) is 2.90. The smallest absolute Gasteiger partial charge is 0.250 e. The van der Waals surface area contributed by atoms with Gasteiger partial charge >= 0.3 is 0 Å². The Labute approximate surface area is 116 Å². The average molecular weight is 302 g/mol. The predicted octanol–water partition coefficient (Wildman–Crippen LogP) is -0.636. The van der Waals surface area contributed by atoms with Gasteiger partial charge in [-0.15, -0.1) is 0 Å². The summed E-state index contributed by atoms with van der Waals surface area (Å²) in [5, 5.41) is 1.32. The van der Waals surface area contributed by atoms with Crippen LogP contribution in [0.2, 0.25) is 0 Å². The molecule has 0 saturated carbocycles. The highest BCUT2D eigenvalue weighted by Gasteiger charge is 2.41. The highest BCUT2D eigenvalue weighted by atomic mass is 32.2. The first-order valence-corrected chi connectivity index (χ1v) is 7.46. The Morgan fingerprint density at radius 1 is 1.35 bits per heavy atom. The van der Waals surface area contributed by atoms with Crippen LogP contribution < -0.4 is 20.9 Å². The highest BCUT2D eigenvalue weighted by Crippen LogP contribution is 2.18. The van der Waals surface area contributed by atoms with Gasteiger partial charge < -0.3 is 5.32 Å². The molecular weight excluding hydrogens is 287 g/mol. The molecule has 4 N–H and O–H groups in total. The summed E-state index contributed by atoms with van der Waals surface area (Å²) in [4.78, 5) is 11.6. The van der Waals surface area contributed by atoms with Crippen LogP contribution in [-0.2, 0) is 14.8 Å². The minimum atomic E-state index is -3.84. The predicted molar refractivity (Wildman–Crippen MR) is 71.4 cm³/mol. The van der Waals surface area contributed by atoms with Crippen LogP contribution in [-0.4, -0.2) is 33.3 Å². The third-order valence-corrected chi connectivity index (χ3v) is 4.59. The molecule has 0 bridgehead atoms. The Morgan fingerprint density at radius 2 is 2.00 bits per heavy atom. The van der Waals surface area contributed by atoms with Gasteiger partial charge in [-0.25, -0.2) is 18.2 Å². The fourth-order valence-electron chi connectivity index (χ4n) is 1.93. The molecule has 1 amide bonds. The molecule has 0 aromatic heterocycles. The van der Waals surface area contributed by atoms with E-state index in [0.717, 1.165) is 12.1 Å². The van der Waals surface area contributed by atoms with Crippen molar-refractivity contribution in [3.05, 3.63) is 30.1 Å². The number of sulfonamides is 1. The number of hydrogen-bond acceptors (Lipinski definition) is 5. The molecule has 1 aromatic rings. The van der Waals surface area contributed by atoms with Gasteiger partial charge in [0.1, 0.15) is 5.82 Å². The van der Waals surface area contributed by atoms with Crippen molar-refractivity contribution in [2.45, 2.75) is 5.37 Å². The van der Waals surface area contributed by atoms with Gasteiger partial charge in [0.15, 0.2) is 5.37 Å². The van der Waals surface area contributed by atoms with Gasteiger partial charge in [0.25, 0.3) is 10.0 Å². The van der Waals surface area contributed by atoms with Crippen molar-refractivity contribution < 1.29 is 17.6 Å². The Morgan fingerprint density at radius 3 is 2.60 bits per heavy atom. The minimum absolute atomic E-state index is 0.203. The normalized spacial score (nSPS) is 22.5. The van der Waals surface area contributed by atoms with Crippen molar-refractivity contribution in [1.29, 1.82) is 0 Å². The number of hydrazine groups is 1. The van der Waals surface area contributed by atoms with Crippen molar-refractivity contribution in [3.63, 3.8) is 0 Å². The number of nitrogens with one attached hydrogen (secondary N) is 4. The Kier molecular flexibility index (Phi) is 4.21. The molecule has 1 saturated heterocycles. The standard InChI is InChI=1S/C11H15FN4O3S/c1-13-10(17)9-6-14-15-11(9)20(18,19)16-8-4-2-7(12)3-5-8/h2-5,9,11,14-16H,6H2,1H3,(H,13,17). The molecular formula is C11H15FN4O3S. The number of carbonyl (C=O) groups excluding carboxylic acids is 1. The van der Waals surface area contributed by atoms with Gasteiger partial charge in [0.2, 0.25) is 5.91 Å². The Hall–Kier alpha value is -1.71. The molecule has 2 rings (SSSR count). The van der Waals surface area contributed by atoms with E-state index < -0.39 is 27.1 Å². The van der Waals surface area contributed by atoms with Crippen LogP contribution in [0, 0.1) is 11.7 Å². The number of anilines is 1. The van der Waals surface area contributed by atoms with Crippen LogP contribution >= 0.6 is 0 Å². The van der Waals surface area contributed by atoms with E-state index in [1.54, 1.807) is 0 Å². The SMILES string of the molecule is CNC(=O)C1CNNC1S(=O)(=O)Nc1ccc(F)cc1. The van der Waals surface area contributed by atoms with E-state index in [4.69, 9.17) is 0 Å². The Bertz CT molecular complexity index is 590. The molecule has 1 aromatic carbocycles. The summed E-state index contributed by atoms with van der Waals surface area (Å²) >= 11 is 0. The monoisotopic (exact) mass is 302 g/mol. The first-order valence-electron chi connectivity index (χ1n) is 5.91. The van der Waals surface area contributed by atoms with Gasteiger partial charge in [-0.3, -0.25) is 14.9 Å². The van der Waals surface area contributed by atoms with E-state index in [-0.39, 0.29) is 18.1 Å². The van der Waals surface area contributed by atoms with Crippen LogP contribution in [0.5, 0.6) is 0 Å². The number of rotatable bonds is 4. The lowest BCUT2D eigenvalue weighted by Crippen LogP contribution is -2.45. The fraction of sp³-hybridized carbons (Fsp3) is 0.364. The van der Waals surface area contributed by atoms with Crippen LogP contribution in [0.25, 0.3) is 0 Å². The van der Waals surface area contributed by atoms with Gasteiger partial charge in [-0.1, -0.05) is 0 Å². The second-order valence-electron chi connectivity index (χ2n) is 4.32. The zero-order valence-electron chi connectivity index (χ0n) is 10.7. The molecule has 0 aliphatic carbocycles. The largest absolute Gasteiger partial charge is 0.359 e. The van der Waals surface area contributed by atoms with Crippen molar-refractivity contribution >= 4 is 21.6 Å². The summed E-state index contributed by atoms with van der Waals surface area (Å²) in [6.07, 6.45) is 0. The quantitative estimate of drug-likeness (QED) is 0.593. The molecule has 20 heavy (non-hydrogen) atoms. The molecule has 1 aliphatic rings. The molecule has 0 spiro atoms. The topological polar surface area (TPSA) is 99.3 Å². The van der Waals surface area contributed by atoms with E-state index in [0.29, 0.717) is 0 Å². The lowest BCUT2D eigenvalue weighted by Gasteiger charge is -2.18. The Balaban J connectivity index is 2.17. The second-order valence-corrected chi connectivity index (χ2v) is 6.12. The van der Waals surface area contributed by atoms with Gasteiger partial charge in [0, 0.05) is 19.3 Å². The fourth-order valence-corrected chi connectivity index (χ4v) is 3.41. The number of hydrogen-bond donors (Lipinski definition) is 4. The first kappa shape index (κ1) is 14.7. The zero-order chi connectivity index (χ0) is 14.8. The molecule has 9 heteroatoms. The second kappa shape index (κ2) is 5.73. The summed E-state index contributed by atoms with van der Waals surface area (Å²) in [5.74, 6) is -1.59. The van der Waals surface area contributed by atoms with E-state index in [1.807, 2.05) is 0 Å². The maximum Gasteiger partial charge on any atom is 0.250 e. The number of carbonyl (C=O) groups is 1. The first-order chi connectivity index (χ1) is 9.44. The number of halogens is 1. The lowest BCUT2D eigenvalue weighted by molar-refractivity contribution is -0.123. The maximum absolute atomic E-state index is 12.8. The van der Waals surface area contributed by atoms with E-state index in [2.05, 4.69) is 20.9 Å². The molecule has 110 valence electrons. The molecule has 0 radical (unpaired) electrons. The van der Waals surface area contributed by atoms with Crippen molar-refractivity contribution in [1.82, 2.24) is 16.2 Å².